The number of aryl methyl sites for hydroxylation is 2. The molecule has 3 heterocycles. The Hall–Kier alpha value is -4.47. The van der Waals surface area contributed by atoms with Gasteiger partial charge in [0.1, 0.15) is 23.0 Å². The van der Waals surface area contributed by atoms with Crippen LogP contribution in [0.25, 0.3) is 17.1 Å². The second-order valence-electron chi connectivity index (χ2n) is 9.54. The predicted octanol–water partition coefficient (Wildman–Crippen LogP) is 4.62. The van der Waals surface area contributed by atoms with Gasteiger partial charge in [-0.2, -0.15) is 13.2 Å². The number of nitrogens with zero attached hydrogens (tertiary/aromatic N) is 6. The van der Waals surface area contributed by atoms with Crippen LogP contribution in [0.15, 0.2) is 49.1 Å². The zero-order chi connectivity index (χ0) is 32.1. The van der Waals surface area contributed by atoms with E-state index < -0.39 is 44.7 Å². The molecular weight excluding hydrogens is 596 g/mol. The van der Waals surface area contributed by atoms with Gasteiger partial charge in [0.05, 0.1) is 12.4 Å². The minimum Gasteiger partial charge on any atom is -0.494 e. The first-order chi connectivity index (χ1) is 20.1. The lowest BCUT2D eigenvalue weighted by Crippen LogP contribution is -2.27. The number of hydrogen-bond donors (Lipinski definition) is 1. The number of halogens is 4. The lowest BCUT2D eigenvalue weighted by atomic mass is 10.1. The van der Waals surface area contributed by atoms with E-state index >= 15 is 4.39 Å². The Labute approximate surface area is 244 Å². The van der Waals surface area contributed by atoms with E-state index in [2.05, 4.69) is 25.1 Å². The van der Waals surface area contributed by atoms with Crippen LogP contribution in [0.3, 0.4) is 0 Å². The summed E-state index contributed by atoms with van der Waals surface area (Å²) < 4.78 is 80.8. The van der Waals surface area contributed by atoms with E-state index in [4.69, 9.17) is 14.6 Å². The second-order valence-corrected chi connectivity index (χ2v) is 11.9. The first-order valence-corrected chi connectivity index (χ1v) is 14.3. The van der Waals surface area contributed by atoms with Gasteiger partial charge in [0, 0.05) is 36.3 Å². The van der Waals surface area contributed by atoms with Gasteiger partial charge in [0.25, 0.3) is 0 Å². The van der Waals surface area contributed by atoms with Gasteiger partial charge in [-0.1, -0.05) is 13.0 Å². The number of hydrogen-bond acceptors (Lipinski definition) is 9. The van der Waals surface area contributed by atoms with Crippen LogP contribution in [-0.2, 0) is 20.4 Å². The van der Waals surface area contributed by atoms with Crippen molar-refractivity contribution in [3.63, 3.8) is 0 Å². The number of sulfone groups is 1. The molecule has 4 aromatic rings. The molecule has 4 rings (SSSR count). The average molecular weight is 625 g/mol. The summed E-state index contributed by atoms with van der Waals surface area (Å²) >= 11 is 0. The number of aromatic nitrogens is 6. The van der Waals surface area contributed by atoms with E-state index in [1.54, 1.807) is 44.7 Å². The van der Waals surface area contributed by atoms with Gasteiger partial charge in [-0.05, 0) is 50.1 Å². The van der Waals surface area contributed by atoms with Gasteiger partial charge in [0.15, 0.2) is 27.3 Å². The molecular formula is C27H28F4N6O5S. The highest BCUT2D eigenvalue weighted by Gasteiger charge is 2.38. The average Bonchev–Trinajstić information content (AvgIpc) is 3.34. The van der Waals surface area contributed by atoms with Crippen molar-refractivity contribution in [3.8, 4) is 22.8 Å². The monoisotopic (exact) mass is 624 g/mol. The minimum atomic E-state index is -5.08. The molecule has 11 nitrogen and oxygen atoms in total. The maximum absolute atomic E-state index is 15.2. The summed E-state index contributed by atoms with van der Waals surface area (Å²) in [6.07, 6.45) is 1.47. The Morgan fingerprint density at radius 2 is 1.67 bits per heavy atom. The van der Waals surface area contributed by atoms with Gasteiger partial charge in [-0.15, -0.1) is 10.2 Å². The van der Waals surface area contributed by atoms with Gasteiger partial charge in [-0.25, -0.2) is 27.6 Å². The SMILES string of the molecule is COc1cccc(F)c1-n1c(CS(=O)(=O)[C@@H](C)[C@H](C)c2ncc(C)cn2)nnc1-c1cncc(C)c1.O=C(O)C(F)(F)F. The number of rotatable bonds is 8. The zero-order valence-corrected chi connectivity index (χ0v) is 24.5. The number of alkyl halides is 3. The largest absolute Gasteiger partial charge is 0.494 e. The minimum absolute atomic E-state index is 0.0225. The molecule has 0 aliphatic heterocycles. The molecule has 3 aromatic heterocycles. The van der Waals surface area contributed by atoms with Crippen LogP contribution in [-0.4, -0.2) is 67.7 Å². The maximum atomic E-state index is 15.2. The van der Waals surface area contributed by atoms with Crippen LogP contribution in [0.1, 0.15) is 42.5 Å². The number of ether oxygens (including phenoxy) is 1. The molecule has 43 heavy (non-hydrogen) atoms. The highest BCUT2D eigenvalue weighted by molar-refractivity contribution is 7.91. The fourth-order valence-corrected chi connectivity index (χ4v) is 5.41. The highest BCUT2D eigenvalue weighted by atomic mass is 32.2. The quantitative estimate of drug-likeness (QED) is 0.275. The van der Waals surface area contributed by atoms with Crippen molar-refractivity contribution in [1.29, 1.82) is 0 Å². The third-order valence-electron chi connectivity index (χ3n) is 6.31. The van der Waals surface area contributed by atoms with Crippen LogP contribution in [0.5, 0.6) is 5.75 Å². The normalized spacial score (nSPS) is 13.0. The molecule has 0 saturated heterocycles. The van der Waals surface area contributed by atoms with Gasteiger partial charge >= 0.3 is 12.1 Å². The van der Waals surface area contributed by atoms with Gasteiger partial charge < -0.3 is 9.84 Å². The number of carboxylic acid groups (broad SMARTS) is 1. The van der Waals surface area contributed by atoms with Gasteiger partial charge in [-0.3, -0.25) is 9.55 Å². The molecule has 1 aromatic carbocycles. The van der Waals surface area contributed by atoms with Crippen molar-refractivity contribution in [2.75, 3.05) is 7.11 Å². The highest BCUT2D eigenvalue weighted by Crippen LogP contribution is 2.33. The standard InChI is InChI=1S/C25H27FN6O3S.C2HF3O2/c1-15-9-19(13-27-10-15)25-31-30-22(32(25)23-20(26)7-6-8-21(23)35-5)14-36(33,34)18(4)17(3)24-28-11-16(2)12-29-24;3-2(4,5)1(6)7/h6-13,17-18H,14H2,1-5H3;(H,6,7)/t17-,18-;/m0./s1. The Balaban J connectivity index is 0.000000646. The summed E-state index contributed by atoms with van der Waals surface area (Å²) in [5, 5.41) is 14.7. The van der Waals surface area contributed by atoms with Crippen molar-refractivity contribution in [3.05, 3.63) is 77.6 Å². The zero-order valence-electron chi connectivity index (χ0n) is 23.7. The molecule has 2 atom stereocenters. The van der Waals surface area contributed by atoms with Crippen LogP contribution in [0.2, 0.25) is 0 Å². The first kappa shape index (κ1) is 33.0. The summed E-state index contributed by atoms with van der Waals surface area (Å²) in [5.74, 6) is -3.37. The lowest BCUT2D eigenvalue weighted by Gasteiger charge is -2.20. The molecule has 0 saturated carbocycles. The summed E-state index contributed by atoms with van der Waals surface area (Å²) in [5.41, 5.74) is 2.32. The number of pyridine rings is 1. The molecule has 0 fully saturated rings. The third-order valence-corrected chi connectivity index (χ3v) is 8.51. The van der Waals surface area contributed by atoms with Gasteiger partial charge in [0.2, 0.25) is 0 Å². The van der Waals surface area contributed by atoms with Crippen molar-refractivity contribution < 1.29 is 40.6 Å². The Kier molecular flexibility index (Phi) is 10.2. The van der Waals surface area contributed by atoms with E-state index in [1.165, 1.54) is 23.8 Å². The van der Waals surface area contributed by atoms with Crippen LogP contribution < -0.4 is 4.74 Å². The van der Waals surface area contributed by atoms with E-state index in [0.717, 1.165) is 11.1 Å². The second kappa shape index (κ2) is 13.2. The number of aliphatic carboxylic acids is 1. The van der Waals surface area contributed by atoms with E-state index in [0.29, 0.717) is 11.4 Å². The molecule has 230 valence electrons. The number of carboxylic acids is 1. The Morgan fingerprint density at radius 3 is 2.23 bits per heavy atom. The molecule has 1 N–H and O–H groups in total. The van der Waals surface area contributed by atoms with Crippen molar-refractivity contribution in [2.45, 2.75) is 50.8 Å². The van der Waals surface area contributed by atoms with E-state index in [-0.39, 0.29) is 23.1 Å². The maximum Gasteiger partial charge on any atom is 0.490 e. The molecule has 0 bridgehead atoms. The number of methoxy groups -OCH3 is 1. The van der Waals surface area contributed by atoms with Crippen molar-refractivity contribution >= 4 is 15.8 Å². The summed E-state index contributed by atoms with van der Waals surface area (Å²) in [7, 11) is -2.38. The molecule has 0 unspecified atom stereocenters. The molecule has 0 radical (unpaired) electrons. The van der Waals surface area contributed by atoms with E-state index in [1.807, 2.05) is 19.9 Å². The summed E-state index contributed by atoms with van der Waals surface area (Å²) in [4.78, 5) is 21.7. The number of carbonyl (C=O) groups is 1. The fraction of sp³-hybridized carbons (Fsp3) is 0.333. The third kappa shape index (κ3) is 7.88. The molecule has 0 spiro atoms. The van der Waals surface area contributed by atoms with E-state index in [9.17, 15) is 21.6 Å². The smallest absolute Gasteiger partial charge is 0.490 e. The molecule has 0 aliphatic carbocycles. The topological polar surface area (TPSA) is 150 Å². The molecule has 16 heteroatoms. The van der Waals surface area contributed by atoms with Crippen molar-refractivity contribution in [2.24, 2.45) is 0 Å². The fourth-order valence-electron chi connectivity index (χ4n) is 3.86. The van der Waals surface area contributed by atoms with Crippen LogP contribution in [0, 0.1) is 19.7 Å². The summed E-state index contributed by atoms with van der Waals surface area (Å²) in [6, 6.07) is 6.19. The Morgan fingerprint density at radius 1 is 1.05 bits per heavy atom. The molecule has 0 amide bonds. The lowest BCUT2D eigenvalue weighted by molar-refractivity contribution is -0.192. The van der Waals surface area contributed by atoms with Crippen LogP contribution in [0.4, 0.5) is 17.6 Å². The summed E-state index contributed by atoms with van der Waals surface area (Å²) in [6.45, 7) is 7.10. The molecule has 0 aliphatic rings. The predicted molar refractivity (Wildman–Crippen MR) is 147 cm³/mol. The number of benzene rings is 1. The number of para-hydroxylation sites is 1. The Bertz CT molecular complexity index is 1690. The van der Waals surface area contributed by atoms with Crippen molar-refractivity contribution in [1.82, 2.24) is 29.7 Å². The first-order valence-electron chi connectivity index (χ1n) is 12.6. The van der Waals surface area contributed by atoms with Crippen LogP contribution >= 0.6 is 0 Å².